The molecule has 196 valence electrons. The number of carbonyl (C=O) groups excluding carboxylic acids is 5. The Balaban J connectivity index is 1.53. The van der Waals surface area contributed by atoms with Gasteiger partial charge in [0.25, 0.3) is 0 Å². The van der Waals surface area contributed by atoms with Crippen LogP contribution in [0.1, 0.15) is 49.3 Å². The summed E-state index contributed by atoms with van der Waals surface area (Å²) >= 11 is 0. The molecule has 4 aliphatic rings. The average Bonchev–Trinajstić information content (AvgIpc) is 2.91. The molecule has 3 N–H and O–H groups in total. The molecule has 1 aliphatic heterocycles. The van der Waals surface area contributed by atoms with Gasteiger partial charge in [0.1, 0.15) is 17.3 Å². The van der Waals surface area contributed by atoms with Crippen LogP contribution in [-0.2, 0) is 36.9 Å². The van der Waals surface area contributed by atoms with Gasteiger partial charge in [-0.2, -0.15) is 0 Å². The monoisotopic (exact) mass is 517 g/mol. The number of phenols is 1. The van der Waals surface area contributed by atoms with Crippen LogP contribution in [0.2, 0.25) is 0 Å². The Kier molecular flexibility index (Phi) is 6.38. The number of allylic oxidation sites excluding steroid dienone is 5. The third-order valence-corrected chi connectivity index (χ3v) is 7.85. The van der Waals surface area contributed by atoms with Crippen molar-refractivity contribution in [2.75, 3.05) is 0 Å². The molecule has 3 aliphatic carbocycles. The molecule has 5 rings (SSSR count). The van der Waals surface area contributed by atoms with Crippen LogP contribution in [0.25, 0.3) is 5.76 Å². The number of fused-ring (bicyclic) bond motifs is 3. The van der Waals surface area contributed by atoms with Gasteiger partial charge in [-0.3, -0.25) is 28.9 Å². The van der Waals surface area contributed by atoms with Crippen molar-refractivity contribution < 1.29 is 39.3 Å². The van der Waals surface area contributed by atoms with Crippen LogP contribution in [0.3, 0.4) is 0 Å². The van der Waals surface area contributed by atoms with E-state index in [4.69, 9.17) is 0 Å². The minimum Gasteiger partial charge on any atom is -0.511 e. The van der Waals surface area contributed by atoms with Crippen molar-refractivity contribution in [3.8, 4) is 5.75 Å². The molecule has 0 saturated heterocycles. The zero-order valence-electron chi connectivity index (χ0n) is 20.8. The van der Waals surface area contributed by atoms with Crippen LogP contribution >= 0.6 is 0 Å². The molecule has 9 heteroatoms. The summed E-state index contributed by atoms with van der Waals surface area (Å²) in [6, 6.07) is 3.28. The predicted molar refractivity (Wildman–Crippen MR) is 134 cm³/mol. The second kappa shape index (κ2) is 9.55. The van der Waals surface area contributed by atoms with Gasteiger partial charge in [0.15, 0.2) is 17.3 Å². The smallest absolute Gasteiger partial charge is 0.233 e. The maximum atomic E-state index is 13.6. The number of phenolic OH excluding ortho intramolecular Hbond substituents is 1. The van der Waals surface area contributed by atoms with Crippen LogP contribution < -0.4 is 0 Å². The summed E-state index contributed by atoms with van der Waals surface area (Å²) in [5, 5.41) is 33.2. The standard InChI is InChI=1S/C29H27NO8/c1-14(31)22-19(32)12-18-11-17-10-15-8-9-16(13-30-20(33)6-4-2-3-5-7-21(30)34)26(35)23(15)28(37)24(17)29(38)25(18)27(22)36/h2-5,8-9,17-18,25,35-37H,6-7,10-13H2,1H3/b4-2-,5-3-. The lowest BCUT2D eigenvalue weighted by atomic mass is 9.61. The molecule has 0 spiro atoms. The Labute approximate surface area is 218 Å². The molecule has 0 bridgehead atoms. The topological polar surface area (TPSA) is 149 Å². The molecule has 0 radical (unpaired) electrons. The van der Waals surface area contributed by atoms with Gasteiger partial charge in [-0.05, 0) is 37.2 Å². The lowest BCUT2D eigenvalue weighted by molar-refractivity contribution is -0.144. The van der Waals surface area contributed by atoms with Crippen molar-refractivity contribution in [3.05, 3.63) is 70.0 Å². The zero-order chi connectivity index (χ0) is 27.3. The van der Waals surface area contributed by atoms with Crippen LogP contribution in [0, 0.1) is 17.8 Å². The maximum absolute atomic E-state index is 13.6. The fraction of sp³-hybridized carbons (Fsp3) is 0.345. The van der Waals surface area contributed by atoms with E-state index in [1.165, 1.54) is 0 Å². The summed E-state index contributed by atoms with van der Waals surface area (Å²) in [7, 11) is 0. The van der Waals surface area contributed by atoms with Crippen molar-refractivity contribution in [2.45, 2.75) is 45.6 Å². The summed E-state index contributed by atoms with van der Waals surface area (Å²) in [6.45, 7) is 0.944. The van der Waals surface area contributed by atoms with Gasteiger partial charge in [0.05, 0.1) is 23.6 Å². The number of aliphatic hydroxyl groups is 2. The Morgan fingerprint density at radius 3 is 2.26 bits per heavy atom. The van der Waals surface area contributed by atoms with Crippen LogP contribution in [0.4, 0.5) is 0 Å². The van der Waals surface area contributed by atoms with E-state index in [9.17, 15) is 39.3 Å². The summed E-state index contributed by atoms with van der Waals surface area (Å²) in [6.07, 6.45) is 7.28. The molecule has 3 unspecified atom stereocenters. The van der Waals surface area contributed by atoms with Gasteiger partial charge in [0, 0.05) is 30.4 Å². The molecule has 38 heavy (non-hydrogen) atoms. The number of hydrogen-bond donors (Lipinski definition) is 3. The Morgan fingerprint density at radius 1 is 0.974 bits per heavy atom. The van der Waals surface area contributed by atoms with E-state index in [0.717, 1.165) is 11.8 Å². The van der Waals surface area contributed by atoms with Crippen molar-refractivity contribution in [1.29, 1.82) is 0 Å². The minimum atomic E-state index is -1.12. The van der Waals surface area contributed by atoms with E-state index in [2.05, 4.69) is 0 Å². The first-order valence-corrected chi connectivity index (χ1v) is 12.5. The van der Waals surface area contributed by atoms with E-state index in [-0.39, 0.29) is 53.8 Å². The molecular formula is C29H27NO8. The molecule has 3 atom stereocenters. The molecule has 9 nitrogen and oxygen atoms in total. The van der Waals surface area contributed by atoms with Crippen LogP contribution in [0.15, 0.2) is 53.3 Å². The highest BCUT2D eigenvalue weighted by Crippen LogP contribution is 2.50. The normalized spacial score (nSPS) is 27.2. The lowest BCUT2D eigenvalue weighted by Crippen LogP contribution is -2.43. The highest BCUT2D eigenvalue weighted by molar-refractivity contribution is 6.22. The molecule has 1 aromatic carbocycles. The quantitative estimate of drug-likeness (QED) is 0.409. The number of amides is 2. The summed E-state index contributed by atoms with van der Waals surface area (Å²) in [5.74, 6) is -5.92. The van der Waals surface area contributed by atoms with Crippen molar-refractivity contribution >= 4 is 34.9 Å². The number of nitrogens with zero attached hydrogens (tertiary/aromatic N) is 1. The lowest BCUT2D eigenvalue weighted by Gasteiger charge is -2.41. The average molecular weight is 518 g/mol. The first-order chi connectivity index (χ1) is 18.1. The Bertz CT molecular complexity index is 1400. The Morgan fingerprint density at radius 2 is 1.63 bits per heavy atom. The van der Waals surface area contributed by atoms with Crippen LogP contribution in [0.5, 0.6) is 5.75 Å². The van der Waals surface area contributed by atoms with E-state index in [1.807, 2.05) is 0 Å². The van der Waals surface area contributed by atoms with Crippen molar-refractivity contribution in [1.82, 2.24) is 4.90 Å². The van der Waals surface area contributed by atoms with E-state index in [0.29, 0.717) is 18.4 Å². The second-order valence-electron chi connectivity index (χ2n) is 10.2. The van der Waals surface area contributed by atoms with E-state index < -0.39 is 58.4 Å². The number of imide groups is 1. The van der Waals surface area contributed by atoms with Gasteiger partial charge in [-0.15, -0.1) is 0 Å². The van der Waals surface area contributed by atoms with Crippen molar-refractivity contribution in [2.24, 2.45) is 17.8 Å². The second-order valence-corrected chi connectivity index (χ2v) is 10.2. The number of Topliss-reactive ketones (excluding diaryl/α,β-unsaturated/α-hetero) is 3. The first-order valence-electron chi connectivity index (χ1n) is 12.5. The fourth-order valence-electron chi connectivity index (χ4n) is 6.10. The largest absolute Gasteiger partial charge is 0.511 e. The molecule has 1 heterocycles. The minimum absolute atomic E-state index is 0.0115. The van der Waals surface area contributed by atoms with Gasteiger partial charge < -0.3 is 15.3 Å². The summed E-state index contributed by atoms with van der Waals surface area (Å²) in [5.41, 5.74) is 0.534. The third kappa shape index (κ3) is 4.08. The van der Waals surface area contributed by atoms with Crippen molar-refractivity contribution in [3.63, 3.8) is 0 Å². The molecule has 1 fully saturated rings. The molecule has 2 amide bonds. The number of ketones is 3. The first kappa shape index (κ1) is 25.4. The number of rotatable bonds is 3. The number of aliphatic hydroxyl groups excluding tert-OH is 2. The fourth-order valence-corrected chi connectivity index (χ4v) is 6.10. The van der Waals surface area contributed by atoms with Gasteiger partial charge in [-0.1, -0.05) is 36.4 Å². The van der Waals surface area contributed by atoms with Gasteiger partial charge in [0.2, 0.25) is 11.8 Å². The predicted octanol–water partition coefficient (Wildman–Crippen LogP) is 3.17. The molecule has 0 aromatic heterocycles. The summed E-state index contributed by atoms with van der Waals surface area (Å²) in [4.78, 5) is 64.4. The van der Waals surface area contributed by atoms with Gasteiger partial charge in [-0.25, -0.2) is 0 Å². The van der Waals surface area contributed by atoms with Gasteiger partial charge >= 0.3 is 0 Å². The van der Waals surface area contributed by atoms with E-state index >= 15 is 0 Å². The number of hydrogen-bond acceptors (Lipinski definition) is 8. The highest BCUT2D eigenvalue weighted by Gasteiger charge is 2.50. The molecule has 1 aromatic rings. The summed E-state index contributed by atoms with van der Waals surface area (Å²) < 4.78 is 0. The Hall–Kier alpha value is -4.27. The maximum Gasteiger partial charge on any atom is 0.233 e. The number of carbonyl (C=O) groups is 5. The number of aromatic hydroxyl groups is 1. The highest BCUT2D eigenvalue weighted by atomic mass is 16.3. The van der Waals surface area contributed by atoms with E-state index in [1.54, 1.807) is 36.4 Å². The number of benzene rings is 1. The molecular weight excluding hydrogens is 490 g/mol. The SMILES string of the molecule is CC(=O)C1=C(O)C2C(=O)C3=C(O)c4c(ccc(CN5C(=O)C/C=C\C=C/CC5=O)c4O)CC3CC2CC1=O. The zero-order valence-corrected chi connectivity index (χ0v) is 20.8. The molecule has 1 saturated carbocycles. The van der Waals surface area contributed by atoms with Crippen LogP contribution in [-0.4, -0.2) is 49.4 Å². The third-order valence-electron chi connectivity index (χ3n) is 7.85.